The third-order valence-electron chi connectivity index (χ3n) is 5.93. The molecule has 2 aliphatic rings. The summed E-state index contributed by atoms with van der Waals surface area (Å²) >= 11 is 1.76. The Morgan fingerprint density at radius 2 is 1.96 bits per heavy atom. The van der Waals surface area contributed by atoms with Gasteiger partial charge in [-0.15, -0.1) is 11.3 Å². The van der Waals surface area contributed by atoms with Gasteiger partial charge in [0.15, 0.2) is 5.76 Å². The van der Waals surface area contributed by atoms with E-state index >= 15 is 0 Å². The van der Waals surface area contributed by atoms with E-state index in [-0.39, 0.29) is 22.8 Å². The molecular weight excluding hydrogens is 398 g/mol. The molecule has 1 saturated heterocycles. The van der Waals surface area contributed by atoms with Gasteiger partial charge in [0, 0.05) is 30.4 Å². The monoisotopic (exact) mass is 423 g/mol. The van der Waals surface area contributed by atoms with Crippen LogP contribution < -0.4 is 0 Å². The average Bonchev–Trinajstić information content (AvgIpc) is 3.28. The molecule has 1 atom stereocenters. The first-order chi connectivity index (χ1) is 13.3. The molecular formula is C19H25N3O4S2. The van der Waals surface area contributed by atoms with Gasteiger partial charge in [-0.25, -0.2) is 8.42 Å². The van der Waals surface area contributed by atoms with Crippen LogP contribution in [-0.2, 0) is 21.2 Å². The second kappa shape index (κ2) is 7.27. The van der Waals surface area contributed by atoms with Crippen molar-refractivity contribution in [1.29, 1.82) is 0 Å². The minimum Gasteiger partial charge on any atom is -0.360 e. The molecule has 0 bridgehead atoms. The summed E-state index contributed by atoms with van der Waals surface area (Å²) in [6.45, 7) is 6.75. The van der Waals surface area contributed by atoms with E-state index in [4.69, 9.17) is 4.52 Å². The van der Waals surface area contributed by atoms with Gasteiger partial charge in [0.05, 0.1) is 6.04 Å². The number of piperidine rings is 1. The molecule has 0 radical (unpaired) electrons. The predicted octanol–water partition coefficient (Wildman–Crippen LogP) is 2.90. The fourth-order valence-electron chi connectivity index (χ4n) is 4.36. The zero-order chi connectivity index (χ0) is 20.1. The van der Waals surface area contributed by atoms with Gasteiger partial charge in [-0.3, -0.25) is 4.79 Å². The normalized spacial score (nSPS) is 21.7. The molecule has 7 nitrogen and oxygen atoms in total. The average molecular weight is 424 g/mol. The Morgan fingerprint density at radius 3 is 2.61 bits per heavy atom. The highest BCUT2D eigenvalue weighted by atomic mass is 32.2. The molecule has 2 aromatic rings. The van der Waals surface area contributed by atoms with Crippen molar-refractivity contribution in [2.24, 2.45) is 5.92 Å². The van der Waals surface area contributed by atoms with Crippen LogP contribution in [0.3, 0.4) is 0 Å². The summed E-state index contributed by atoms with van der Waals surface area (Å²) in [7, 11) is -3.64. The molecule has 9 heteroatoms. The number of aryl methyl sites for hydroxylation is 2. The fourth-order valence-corrected chi connectivity index (χ4v) is 7.08. The van der Waals surface area contributed by atoms with E-state index in [1.54, 1.807) is 25.2 Å². The van der Waals surface area contributed by atoms with Crippen LogP contribution in [0.2, 0.25) is 0 Å². The zero-order valence-corrected chi connectivity index (χ0v) is 18.0. The van der Waals surface area contributed by atoms with Gasteiger partial charge in [0.2, 0.25) is 15.9 Å². The van der Waals surface area contributed by atoms with Gasteiger partial charge in [0.25, 0.3) is 0 Å². The molecule has 0 saturated carbocycles. The topological polar surface area (TPSA) is 83.7 Å². The number of aromatic nitrogens is 1. The van der Waals surface area contributed by atoms with Gasteiger partial charge < -0.3 is 9.42 Å². The smallest absolute Gasteiger partial charge is 0.248 e. The number of carbonyl (C=O) groups excluding carboxylic acids is 1. The number of hydrogen-bond acceptors (Lipinski definition) is 6. The first-order valence-electron chi connectivity index (χ1n) is 9.60. The maximum Gasteiger partial charge on any atom is 0.248 e. The van der Waals surface area contributed by atoms with Crippen molar-refractivity contribution in [2.75, 3.05) is 19.6 Å². The highest BCUT2D eigenvalue weighted by molar-refractivity contribution is 7.89. The fraction of sp³-hybridized carbons (Fsp3) is 0.579. The van der Waals surface area contributed by atoms with E-state index in [1.807, 2.05) is 4.90 Å². The number of hydrogen-bond donors (Lipinski definition) is 0. The van der Waals surface area contributed by atoms with E-state index in [0.717, 1.165) is 13.0 Å². The second-order valence-electron chi connectivity index (χ2n) is 7.59. The Balaban J connectivity index is 1.44. The molecule has 2 aromatic heterocycles. The van der Waals surface area contributed by atoms with Crippen LogP contribution in [0.25, 0.3) is 0 Å². The van der Waals surface area contributed by atoms with Gasteiger partial charge in [-0.2, -0.15) is 4.31 Å². The number of carbonyl (C=O) groups is 1. The summed E-state index contributed by atoms with van der Waals surface area (Å²) in [6.07, 6.45) is 1.99. The minimum atomic E-state index is -3.64. The van der Waals surface area contributed by atoms with Crippen molar-refractivity contribution in [2.45, 2.75) is 51.0 Å². The Bertz CT molecular complexity index is 967. The SMILES string of the molecule is Cc1noc(C)c1S(=O)(=O)N1CCC(C(=O)N2CCc3sccc3[C@@H]2C)CC1. The lowest BCUT2D eigenvalue weighted by atomic mass is 9.93. The maximum absolute atomic E-state index is 13.1. The second-order valence-corrected chi connectivity index (χ2v) is 10.5. The highest BCUT2D eigenvalue weighted by Gasteiger charge is 2.38. The number of rotatable bonds is 3. The molecule has 4 heterocycles. The lowest BCUT2D eigenvalue weighted by Crippen LogP contribution is -2.46. The molecule has 28 heavy (non-hydrogen) atoms. The Kier molecular flexibility index (Phi) is 5.09. The van der Waals surface area contributed by atoms with Crippen LogP contribution >= 0.6 is 11.3 Å². The first kappa shape index (κ1) is 19.6. The molecule has 0 N–H and O–H groups in total. The zero-order valence-electron chi connectivity index (χ0n) is 16.3. The molecule has 0 unspecified atom stereocenters. The van der Waals surface area contributed by atoms with Crippen molar-refractivity contribution in [1.82, 2.24) is 14.4 Å². The molecule has 2 aliphatic heterocycles. The summed E-state index contributed by atoms with van der Waals surface area (Å²) in [5, 5.41) is 5.85. The highest BCUT2D eigenvalue weighted by Crippen LogP contribution is 2.35. The Morgan fingerprint density at radius 1 is 1.25 bits per heavy atom. The van der Waals surface area contributed by atoms with E-state index in [2.05, 4.69) is 23.5 Å². The van der Waals surface area contributed by atoms with Crippen LogP contribution in [0, 0.1) is 19.8 Å². The molecule has 0 spiro atoms. The molecule has 152 valence electrons. The van der Waals surface area contributed by atoms with Crippen LogP contribution in [0.4, 0.5) is 0 Å². The summed E-state index contributed by atoms with van der Waals surface area (Å²) in [4.78, 5) is 16.6. The van der Waals surface area contributed by atoms with Crippen molar-refractivity contribution in [3.05, 3.63) is 33.3 Å². The largest absolute Gasteiger partial charge is 0.360 e. The number of sulfonamides is 1. The molecule has 1 amide bonds. The Hall–Kier alpha value is -1.71. The van der Waals surface area contributed by atoms with E-state index < -0.39 is 10.0 Å². The quantitative estimate of drug-likeness (QED) is 0.758. The number of amides is 1. The standard InChI is InChI=1S/C19H25N3O4S2/c1-12-18(14(3)26-20-12)28(24,25)21-8-4-15(5-9-21)19(23)22-10-6-17-16(13(22)2)7-11-27-17/h7,11,13,15H,4-6,8-10H2,1-3H3/t13-/m0/s1. The van der Waals surface area contributed by atoms with Gasteiger partial charge >= 0.3 is 0 Å². The number of fused-ring (bicyclic) bond motifs is 1. The molecule has 1 fully saturated rings. The van der Waals surface area contributed by atoms with Gasteiger partial charge in [0.1, 0.15) is 10.6 Å². The predicted molar refractivity (Wildman–Crippen MR) is 106 cm³/mol. The number of thiophene rings is 1. The lowest BCUT2D eigenvalue weighted by Gasteiger charge is -2.38. The Labute approximate surface area is 169 Å². The molecule has 0 aliphatic carbocycles. The van der Waals surface area contributed by atoms with E-state index in [9.17, 15) is 13.2 Å². The summed E-state index contributed by atoms with van der Waals surface area (Å²) in [6, 6.07) is 2.20. The minimum absolute atomic E-state index is 0.0894. The first-order valence-corrected chi connectivity index (χ1v) is 11.9. The lowest BCUT2D eigenvalue weighted by molar-refractivity contribution is -0.139. The van der Waals surface area contributed by atoms with Gasteiger partial charge in [-0.05, 0) is 57.0 Å². The van der Waals surface area contributed by atoms with Crippen LogP contribution in [-0.4, -0.2) is 48.3 Å². The van der Waals surface area contributed by atoms with Crippen LogP contribution in [0.1, 0.15) is 47.7 Å². The van der Waals surface area contributed by atoms with Crippen molar-refractivity contribution >= 4 is 27.3 Å². The van der Waals surface area contributed by atoms with E-state index in [0.29, 0.717) is 37.4 Å². The van der Waals surface area contributed by atoms with E-state index in [1.165, 1.54) is 14.7 Å². The summed E-state index contributed by atoms with van der Waals surface area (Å²) < 4.78 is 32.4. The van der Waals surface area contributed by atoms with Crippen LogP contribution in [0.15, 0.2) is 20.9 Å². The number of nitrogens with zero attached hydrogens (tertiary/aromatic N) is 3. The third kappa shape index (κ3) is 3.19. The maximum atomic E-state index is 13.1. The van der Waals surface area contributed by atoms with Crippen molar-refractivity contribution < 1.29 is 17.7 Å². The van der Waals surface area contributed by atoms with Crippen molar-refractivity contribution in [3.8, 4) is 0 Å². The van der Waals surface area contributed by atoms with Gasteiger partial charge in [-0.1, -0.05) is 5.16 Å². The van der Waals surface area contributed by atoms with Crippen molar-refractivity contribution in [3.63, 3.8) is 0 Å². The third-order valence-corrected chi connectivity index (χ3v) is 9.07. The summed E-state index contributed by atoms with van der Waals surface area (Å²) in [5.41, 5.74) is 1.63. The van der Waals surface area contributed by atoms with Crippen LogP contribution in [0.5, 0.6) is 0 Å². The molecule has 0 aromatic carbocycles. The summed E-state index contributed by atoms with van der Waals surface area (Å²) in [5.74, 6) is 0.335. The molecule has 4 rings (SSSR count).